The van der Waals surface area contributed by atoms with Gasteiger partial charge in [0.1, 0.15) is 12.1 Å². The molecular formula is C19H21FN2O3. The molecule has 2 aliphatic rings. The van der Waals surface area contributed by atoms with E-state index in [2.05, 4.69) is 4.90 Å². The van der Waals surface area contributed by atoms with E-state index in [0.29, 0.717) is 18.7 Å². The summed E-state index contributed by atoms with van der Waals surface area (Å²) in [6, 6.07) is 8.37. The fraction of sp³-hybridized carbons (Fsp3) is 0.421. The van der Waals surface area contributed by atoms with Crippen LogP contribution in [-0.2, 0) is 4.74 Å². The van der Waals surface area contributed by atoms with Gasteiger partial charge in [-0.15, -0.1) is 0 Å². The molecule has 6 heteroatoms. The lowest BCUT2D eigenvalue weighted by molar-refractivity contribution is -0.0433. The van der Waals surface area contributed by atoms with Crippen LogP contribution in [0.4, 0.5) is 10.1 Å². The third kappa shape index (κ3) is 2.61. The Morgan fingerprint density at radius 2 is 2.12 bits per heavy atom. The zero-order valence-corrected chi connectivity index (χ0v) is 14.2. The minimum Gasteiger partial charge on any atom is -0.472 e. The number of rotatable bonds is 3. The molecule has 25 heavy (non-hydrogen) atoms. The van der Waals surface area contributed by atoms with Gasteiger partial charge >= 0.3 is 0 Å². The average molecular weight is 344 g/mol. The molecule has 5 nitrogen and oxygen atoms in total. The van der Waals surface area contributed by atoms with Crippen LogP contribution in [0.5, 0.6) is 0 Å². The van der Waals surface area contributed by atoms with Crippen molar-refractivity contribution in [1.82, 2.24) is 4.90 Å². The van der Waals surface area contributed by atoms with E-state index in [9.17, 15) is 9.18 Å². The van der Waals surface area contributed by atoms with Crippen LogP contribution in [0, 0.1) is 5.82 Å². The predicted octanol–water partition coefficient (Wildman–Crippen LogP) is 2.93. The number of halogens is 1. The lowest BCUT2D eigenvalue weighted by Gasteiger charge is -2.61. The summed E-state index contributed by atoms with van der Waals surface area (Å²) >= 11 is 0. The molecule has 0 radical (unpaired) electrons. The number of anilines is 1. The zero-order valence-electron chi connectivity index (χ0n) is 14.2. The van der Waals surface area contributed by atoms with Crippen LogP contribution in [0.1, 0.15) is 23.2 Å². The van der Waals surface area contributed by atoms with E-state index >= 15 is 0 Å². The van der Waals surface area contributed by atoms with E-state index in [-0.39, 0.29) is 23.4 Å². The first-order valence-electron chi connectivity index (χ1n) is 8.51. The number of nitrogens with zero attached hydrogens (tertiary/aromatic N) is 2. The maximum Gasteiger partial charge on any atom is 0.257 e. The van der Waals surface area contributed by atoms with Crippen molar-refractivity contribution in [2.24, 2.45) is 0 Å². The molecule has 2 saturated heterocycles. The van der Waals surface area contributed by atoms with Crippen molar-refractivity contribution in [2.75, 3.05) is 31.6 Å². The molecule has 0 N–H and O–H groups in total. The van der Waals surface area contributed by atoms with E-state index in [1.54, 1.807) is 25.3 Å². The Morgan fingerprint density at radius 3 is 2.76 bits per heavy atom. The van der Waals surface area contributed by atoms with Gasteiger partial charge in [-0.3, -0.25) is 4.79 Å². The van der Waals surface area contributed by atoms with Crippen molar-refractivity contribution in [1.29, 1.82) is 0 Å². The third-order valence-corrected chi connectivity index (χ3v) is 5.57. The van der Waals surface area contributed by atoms with Crippen LogP contribution in [0.2, 0.25) is 0 Å². The maximum absolute atomic E-state index is 13.6. The maximum atomic E-state index is 13.6. The molecule has 2 fully saturated rings. The highest BCUT2D eigenvalue weighted by Crippen LogP contribution is 2.44. The molecule has 1 aromatic carbocycles. The smallest absolute Gasteiger partial charge is 0.257 e. The van der Waals surface area contributed by atoms with E-state index in [0.717, 1.165) is 25.1 Å². The molecule has 4 rings (SSSR count). The van der Waals surface area contributed by atoms with Gasteiger partial charge in [-0.25, -0.2) is 4.39 Å². The second-order valence-electron chi connectivity index (χ2n) is 6.72. The summed E-state index contributed by atoms with van der Waals surface area (Å²) in [4.78, 5) is 16.6. The second kappa shape index (κ2) is 6.19. The van der Waals surface area contributed by atoms with Crippen molar-refractivity contribution in [3.8, 4) is 0 Å². The number of carbonyl (C=O) groups excluding carboxylic acids is 1. The molecule has 0 saturated carbocycles. The number of hydrogen-bond donors (Lipinski definition) is 0. The molecule has 1 unspecified atom stereocenters. The first kappa shape index (κ1) is 16.1. The van der Waals surface area contributed by atoms with Gasteiger partial charge in [0.05, 0.1) is 23.5 Å². The van der Waals surface area contributed by atoms with E-state index in [4.69, 9.17) is 9.15 Å². The average Bonchev–Trinajstić information content (AvgIpc) is 3.15. The highest BCUT2D eigenvalue weighted by molar-refractivity contribution is 5.93. The van der Waals surface area contributed by atoms with Gasteiger partial charge in [0.15, 0.2) is 0 Å². The number of piperidine rings is 1. The number of hydrogen-bond acceptors (Lipinski definition) is 4. The van der Waals surface area contributed by atoms with Gasteiger partial charge in [-0.05, 0) is 37.1 Å². The van der Waals surface area contributed by atoms with Crippen LogP contribution in [0.3, 0.4) is 0 Å². The SMILES string of the molecule is COC1CN(c2cccc(F)c2)C12CCN(C(=O)c1ccoc1)CC2. The minimum atomic E-state index is -0.235. The van der Waals surface area contributed by atoms with Crippen molar-refractivity contribution < 1.29 is 18.3 Å². The molecule has 1 aromatic heterocycles. The fourth-order valence-corrected chi connectivity index (χ4v) is 4.14. The van der Waals surface area contributed by atoms with E-state index in [1.807, 2.05) is 11.0 Å². The zero-order chi connectivity index (χ0) is 17.4. The summed E-state index contributed by atoms with van der Waals surface area (Å²) in [5, 5.41) is 0. The molecular weight excluding hydrogens is 323 g/mol. The Labute approximate surface area is 146 Å². The Kier molecular flexibility index (Phi) is 4.00. The van der Waals surface area contributed by atoms with Gasteiger partial charge in [0.25, 0.3) is 5.91 Å². The number of ether oxygens (including phenoxy) is 1. The summed E-state index contributed by atoms with van der Waals surface area (Å²) in [5.41, 5.74) is 1.29. The molecule has 3 heterocycles. The molecule has 132 valence electrons. The Morgan fingerprint density at radius 1 is 1.32 bits per heavy atom. The second-order valence-corrected chi connectivity index (χ2v) is 6.72. The van der Waals surface area contributed by atoms with Gasteiger partial charge in [-0.2, -0.15) is 0 Å². The summed E-state index contributed by atoms with van der Waals surface area (Å²) < 4.78 is 24.3. The molecule has 0 bridgehead atoms. The summed E-state index contributed by atoms with van der Waals surface area (Å²) in [6.07, 6.45) is 4.68. The van der Waals surface area contributed by atoms with Crippen molar-refractivity contribution >= 4 is 11.6 Å². The summed E-state index contributed by atoms with van der Waals surface area (Å²) in [5.74, 6) is -0.240. The van der Waals surface area contributed by atoms with Crippen molar-refractivity contribution in [2.45, 2.75) is 24.5 Å². The highest BCUT2D eigenvalue weighted by atomic mass is 19.1. The monoisotopic (exact) mass is 344 g/mol. The quantitative estimate of drug-likeness (QED) is 0.859. The molecule has 0 aliphatic carbocycles. The number of likely N-dealkylation sites (tertiary alicyclic amines) is 1. The number of methoxy groups -OCH3 is 1. The lowest BCUT2D eigenvalue weighted by Crippen LogP contribution is -2.74. The summed E-state index contributed by atoms with van der Waals surface area (Å²) in [7, 11) is 1.72. The number of furan rings is 1. The Balaban J connectivity index is 1.51. The van der Waals surface area contributed by atoms with Crippen LogP contribution >= 0.6 is 0 Å². The van der Waals surface area contributed by atoms with Gasteiger partial charge in [0.2, 0.25) is 0 Å². The lowest BCUT2D eigenvalue weighted by atomic mass is 9.73. The Bertz CT molecular complexity index is 754. The van der Waals surface area contributed by atoms with E-state index in [1.165, 1.54) is 18.6 Å². The molecule has 1 amide bonds. The Hall–Kier alpha value is -2.34. The molecule has 1 atom stereocenters. The van der Waals surface area contributed by atoms with E-state index < -0.39 is 0 Å². The fourth-order valence-electron chi connectivity index (χ4n) is 4.14. The highest BCUT2D eigenvalue weighted by Gasteiger charge is 2.55. The van der Waals surface area contributed by atoms with Crippen LogP contribution in [0.25, 0.3) is 0 Å². The molecule has 2 aromatic rings. The standard InChI is InChI=1S/C19H21FN2O3/c1-24-17-12-22(16-4-2-3-15(20)11-16)19(17)6-8-21(9-7-19)18(23)14-5-10-25-13-14/h2-5,10-11,13,17H,6-9,12H2,1H3. The van der Waals surface area contributed by atoms with Crippen molar-refractivity contribution in [3.63, 3.8) is 0 Å². The van der Waals surface area contributed by atoms with Crippen LogP contribution < -0.4 is 4.90 Å². The normalized spacial score (nSPS) is 22.1. The molecule has 1 spiro atoms. The van der Waals surface area contributed by atoms with Gasteiger partial charge < -0.3 is 19.0 Å². The van der Waals surface area contributed by atoms with Gasteiger partial charge in [-0.1, -0.05) is 6.07 Å². The number of carbonyl (C=O) groups is 1. The predicted molar refractivity (Wildman–Crippen MR) is 91.1 cm³/mol. The van der Waals surface area contributed by atoms with Gasteiger partial charge in [0, 0.05) is 32.4 Å². The first-order valence-corrected chi connectivity index (χ1v) is 8.51. The first-order chi connectivity index (χ1) is 12.1. The minimum absolute atomic E-state index is 0.00537. The van der Waals surface area contributed by atoms with Crippen LogP contribution in [-0.4, -0.2) is 49.2 Å². The van der Waals surface area contributed by atoms with Crippen LogP contribution in [0.15, 0.2) is 47.3 Å². The summed E-state index contributed by atoms with van der Waals surface area (Å²) in [6.45, 7) is 2.04. The third-order valence-electron chi connectivity index (χ3n) is 5.57. The number of amides is 1. The largest absolute Gasteiger partial charge is 0.472 e. The molecule has 2 aliphatic heterocycles. The van der Waals surface area contributed by atoms with Crippen molar-refractivity contribution in [3.05, 3.63) is 54.2 Å². The topological polar surface area (TPSA) is 45.9 Å². The number of benzene rings is 1.